The molecule has 84 valence electrons. The average Bonchev–Trinajstić information content (AvgIpc) is 1.99. The smallest absolute Gasteiger partial charge is 0.299 e. The lowest BCUT2D eigenvalue weighted by Gasteiger charge is -2.11. The first-order valence-electron chi connectivity index (χ1n) is 4.48. The lowest BCUT2D eigenvalue weighted by molar-refractivity contribution is 0.475. The van der Waals surface area contributed by atoms with Gasteiger partial charge >= 0.3 is 0 Å². The summed E-state index contributed by atoms with van der Waals surface area (Å²) >= 11 is 0. The van der Waals surface area contributed by atoms with Gasteiger partial charge < -0.3 is 5.11 Å². The van der Waals surface area contributed by atoms with Crippen LogP contribution in [0.5, 0.6) is 5.75 Å². The van der Waals surface area contributed by atoms with Gasteiger partial charge in [-0.25, -0.2) is 0 Å². The van der Waals surface area contributed by atoms with Crippen LogP contribution in [0.1, 0.15) is 13.8 Å². The van der Waals surface area contributed by atoms with Crippen LogP contribution in [0, 0.1) is 0 Å². The fourth-order valence-corrected chi connectivity index (χ4v) is 2.18. The minimum Gasteiger partial charge on any atom is -0.508 e. The van der Waals surface area contributed by atoms with E-state index in [-0.39, 0.29) is 11.8 Å². The molecule has 1 rings (SSSR count). The number of phenolic OH excluding ortho intramolecular Hbond substituents is 1. The van der Waals surface area contributed by atoms with Crippen LogP contribution in [0.3, 0.4) is 0 Å². The molecule has 0 saturated carbocycles. The van der Waals surface area contributed by atoms with Gasteiger partial charge in [0.25, 0.3) is 10.2 Å². The fourth-order valence-electron chi connectivity index (χ4n) is 1.06. The molecule has 0 unspecified atom stereocenters. The van der Waals surface area contributed by atoms with Crippen LogP contribution in [0.4, 0.5) is 5.69 Å². The highest BCUT2D eigenvalue weighted by atomic mass is 32.2. The molecular formula is C9H14N2O3S. The Balaban J connectivity index is 2.78. The maximum Gasteiger partial charge on any atom is 0.299 e. The van der Waals surface area contributed by atoms with E-state index < -0.39 is 10.2 Å². The summed E-state index contributed by atoms with van der Waals surface area (Å²) in [4.78, 5) is 0. The predicted octanol–water partition coefficient (Wildman–Crippen LogP) is 1.05. The van der Waals surface area contributed by atoms with Crippen molar-refractivity contribution in [1.82, 2.24) is 4.72 Å². The first-order chi connectivity index (χ1) is 6.89. The summed E-state index contributed by atoms with van der Waals surface area (Å²) in [5.41, 5.74) is 0.322. The van der Waals surface area contributed by atoms with E-state index >= 15 is 0 Å². The zero-order chi connectivity index (χ0) is 11.5. The normalized spacial score (nSPS) is 11.7. The number of hydrogen-bond donors (Lipinski definition) is 3. The lowest BCUT2D eigenvalue weighted by Crippen LogP contribution is -2.35. The Morgan fingerprint density at radius 2 is 2.00 bits per heavy atom. The van der Waals surface area contributed by atoms with E-state index in [4.69, 9.17) is 5.11 Å². The molecule has 0 bridgehead atoms. The molecule has 6 heteroatoms. The molecule has 5 nitrogen and oxygen atoms in total. The monoisotopic (exact) mass is 230 g/mol. The number of hydrogen-bond acceptors (Lipinski definition) is 3. The van der Waals surface area contributed by atoms with Crippen LogP contribution in [0.2, 0.25) is 0 Å². The van der Waals surface area contributed by atoms with E-state index in [1.165, 1.54) is 12.1 Å². The number of benzene rings is 1. The second-order valence-electron chi connectivity index (χ2n) is 3.43. The van der Waals surface area contributed by atoms with Crippen molar-refractivity contribution in [3.63, 3.8) is 0 Å². The topological polar surface area (TPSA) is 78.4 Å². The Bertz CT molecular complexity index is 429. The standard InChI is InChI=1S/C9H14N2O3S/c1-7(2)10-15(13,14)11-8-4-3-5-9(12)6-8/h3-7,10-12H,1-2H3. The van der Waals surface area contributed by atoms with Crippen molar-refractivity contribution < 1.29 is 13.5 Å². The summed E-state index contributed by atoms with van der Waals surface area (Å²) in [7, 11) is -3.56. The third-order valence-corrected chi connectivity index (χ3v) is 2.78. The molecular weight excluding hydrogens is 216 g/mol. The first kappa shape index (κ1) is 11.8. The molecule has 0 fully saturated rings. The van der Waals surface area contributed by atoms with E-state index in [0.29, 0.717) is 5.69 Å². The van der Waals surface area contributed by atoms with Crippen molar-refractivity contribution in [2.75, 3.05) is 4.72 Å². The van der Waals surface area contributed by atoms with Crippen LogP contribution in [-0.2, 0) is 10.2 Å². The molecule has 0 amide bonds. The third kappa shape index (κ3) is 4.18. The predicted molar refractivity (Wildman–Crippen MR) is 58.9 cm³/mol. The van der Waals surface area contributed by atoms with Crippen LogP contribution in [-0.4, -0.2) is 19.6 Å². The van der Waals surface area contributed by atoms with Crippen molar-refractivity contribution >= 4 is 15.9 Å². The highest BCUT2D eigenvalue weighted by molar-refractivity contribution is 7.90. The Kier molecular flexibility index (Phi) is 3.54. The van der Waals surface area contributed by atoms with Crippen molar-refractivity contribution in [1.29, 1.82) is 0 Å². The molecule has 1 aromatic rings. The van der Waals surface area contributed by atoms with Crippen molar-refractivity contribution in [2.24, 2.45) is 0 Å². The summed E-state index contributed by atoms with van der Waals surface area (Å²) in [6.45, 7) is 3.45. The maximum atomic E-state index is 11.4. The van der Waals surface area contributed by atoms with Crippen LogP contribution in [0.15, 0.2) is 24.3 Å². The summed E-state index contributed by atoms with van der Waals surface area (Å²) in [5.74, 6) is 0.0137. The maximum absolute atomic E-state index is 11.4. The summed E-state index contributed by atoms with van der Waals surface area (Å²) < 4.78 is 27.5. The van der Waals surface area contributed by atoms with E-state index in [9.17, 15) is 8.42 Å². The minimum atomic E-state index is -3.56. The van der Waals surface area contributed by atoms with Gasteiger partial charge in [0.2, 0.25) is 0 Å². The van der Waals surface area contributed by atoms with Crippen LogP contribution in [0.25, 0.3) is 0 Å². The molecule has 15 heavy (non-hydrogen) atoms. The van der Waals surface area contributed by atoms with Gasteiger partial charge in [-0.05, 0) is 26.0 Å². The van der Waals surface area contributed by atoms with Crippen molar-refractivity contribution in [3.8, 4) is 5.75 Å². The molecule has 0 spiro atoms. The molecule has 1 aromatic carbocycles. The molecule has 0 heterocycles. The number of anilines is 1. The summed E-state index contributed by atoms with van der Waals surface area (Å²) in [6, 6.07) is 5.73. The highest BCUT2D eigenvalue weighted by Gasteiger charge is 2.10. The first-order valence-corrected chi connectivity index (χ1v) is 5.96. The fraction of sp³-hybridized carbons (Fsp3) is 0.333. The van der Waals surface area contributed by atoms with E-state index in [1.54, 1.807) is 26.0 Å². The number of phenols is 1. The number of aromatic hydroxyl groups is 1. The molecule has 0 aliphatic rings. The molecule has 3 N–H and O–H groups in total. The van der Waals surface area contributed by atoms with Gasteiger partial charge in [0.1, 0.15) is 5.75 Å². The lowest BCUT2D eigenvalue weighted by atomic mass is 10.3. The SMILES string of the molecule is CC(C)NS(=O)(=O)Nc1cccc(O)c1. The summed E-state index contributed by atoms with van der Waals surface area (Å²) in [6.07, 6.45) is 0. The van der Waals surface area contributed by atoms with Crippen molar-refractivity contribution in [3.05, 3.63) is 24.3 Å². The molecule has 0 atom stereocenters. The zero-order valence-electron chi connectivity index (χ0n) is 8.56. The molecule has 0 aliphatic carbocycles. The van der Waals surface area contributed by atoms with E-state index in [1.807, 2.05) is 0 Å². The van der Waals surface area contributed by atoms with E-state index in [0.717, 1.165) is 0 Å². The Morgan fingerprint density at radius 1 is 1.33 bits per heavy atom. The quantitative estimate of drug-likeness (QED) is 0.723. The van der Waals surface area contributed by atoms with Gasteiger partial charge in [-0.15, -0.1) is 0 Å². The van der Waals surface area contributed by atoms with Crippen molar-refractivity contribution in [2.45, 2.75) is 19.9 Å². The second-order valence-corrected chi connectivity index (χ2v) is 4.88. The number of rotatable bonds is 4. The molecule has 0 aliphatic heterocycles. The van der Waals surface area contributed by atoms with Gasteiger partial charge in [0, 0.05) is 12.1 Å². The van der Waals surface area contributed by atoms with Gasteiger partial charge in [-0.3, -0.25) is 4.72 Å². The van der Waals surface area contributed by atoms with Crippen LogP contribution >= 0.6 is 0 Å². The minimum absolute atomic E-state index is 0.0137. The Hall–Kier alpha value is -1.27. The molecule has 0 aromatic heterocycles. The Morgan fingerprint density at radius 3 is 2.53 bits per heavy atom. The second kappa shape index (κ2) is 4.50. The summed E-state index contributed by atoms with van der Waals surface area (Å²) in [5, 5.41) is 9.14. The van der Waals surface area contributed by atoms with Crippen LogP contribution < -0.4 is 9.44 Å². The third-order valence-electron chi connectivity index (χ3n) is 1.49. The van der Waals surface area contributed by atoms with Gasteiger partial charge in [0.05, 0.1) is 5.69 Å². The molecule has 0 radical (unpaired) electrons. The van der Waals surface area contributed by atoms with Gasteiger partial charge in [0.15, 0.2) is 0 Å². The zero-order valence-corrected chi connectivity index (χ0v) is 9.38. The van der Waals surface area contributed by atoms with Gasteiger partial charge in [-0.2, -0.15) is 13.1 Å². The highest BCUT2D eigenvalue weighted by Crippen LogP contribution is 2.16. The van der Waals surface area contributed by atoms with E-state index in [2.05, 4.69) is 9.44 Å². The number of nitrogens with one attached hydrogen (secondary N) is 2. The average molecular weight is 230 g/mol. The Labute approximate surface area is 89.3 Å². The molecule has 0 saturated heterocycles. The van der Waals surface area contributed by atoms with Gasteiger partial charge in [-0.1, -0.05) is 6.07 Å². The largest absolute Gasteiger partial charge is 0.508 e.